The highest BCUT2D eigenvalue weighted by Gasteiger charge is 2.23. The zero-order valence-electron chi connectivity index (χ0n) is 11.2. The number of hydrogen-bond acceptors (Lipinski definition) is 3. The van der Waals surface area contributed by atoms with E-state index in [2.05, 4.69) is 51.0 Å². The minimum absolute atomic E-state index is 0.685. The van der Waals surface area contributed by atoms with Crippen LogP contribution in [0.15, 0.2) is 22.9 Å². The Hall–Kier alpha value is -0.450. The van der Waals surface area contributed by atoms with Gasteiger partial charge in [-0.25, -0.2) is 0 Å². The van der Waals surface area contributed by atoms with Gasteiger partial charge >= 0.3 is 0 Å². The van der Waals surface area contributed by atoms with Crippen molar-refractivity contribution in [1.29, 1.82) is 0 Å². The van der Waals surface area contributed by atoms with Crippen LogP contribution in [0.2, 0.25) is 0 Å². The summed E-state index contributed by atoms with van der Waals surface area (Å²) in [5, 5.41) is 3.54. The first-order chi connectivity index (χ1) is 8.65. The van der Waals surface area contributed by atoms with Crippen LogP contribution in [0.25, 0.3) is 0 Å². The van der Waals surface area contributed by atoms with E-state index in [4.69, 9.17) is 0 Å². The van der Waals surface area contributed by atoms with Gasteiger partial charge in [-0.05, 0) is 66.8 Å². The van der Waals surface area contributed by atoms with Gasteiger partial charge in [-0.3, -0.25) is 4.98 Å². The molecule has 2 heterocycles. The van der Waals surface area contributed by atoms with Crippen LogP contribution in [0.3, 0.4) is 0 Å². The van der Waals surface area contributed by atoms with Crippen molar-refractivity contribution in [1.82, 2.24) is 15.2 Å². The molecule has 4 heteroatoms. The Labute approximate surface area is 118 Å². The predicted molar refractivity (Wildman–Crippen MR) is 78.5 cm³/mol. The normalized spacial score (nSPS) is 20.8. The van der Waals surface area contributed by atoms with Gasteiger partial charge in [-0.1, -0.05) is 0 Å². The molecule has 1 atom stereocenters. The van der Waals surface area contributed by atoms with Crippen LogP contribution in [0.4, 0.5) is 0 Å². The largest absolute Gasteiger partial charge is 0.312 e. The molecule has 0 aromatic carbocycles. The van der Waals surface area contributed by atoms with Crippen LogP contribution in [0.1, 0.15) is 25.8 Å². The fourth-order valence-electron chi connectivity index (χ4n) is 2.47. The van der Waals surface area contributed by atoms with E-state index in [9.17, 15) is 0 Å². The molecule has 2 rings (SSSR count). The minimum atomic E-state index is 0.685. The molecule has 0 bridgehead atoms. The van der Waals surface area contributed by atoms with Crippen LogP contribution in [0.5, 0.6) is 0 Å². The SMILES string of the molecule is CC(C)N1CCC(CNCc2cncc(Br)c2)C1. The van der Waals surface area contributed by atoms with Gasteiger partial charge in [0, 0.05) is 36.0 Å². The molecule has 1 aromatic rings. The molecule has 18 heavy (non-hydrogen) atoms. The van der Waals surface area contributed by atoms with Crippen molar-refractivity contribution in [2.24, 2.45) is 5.92 Å². The Bertz CT molecular complexity index is 381. The van der Waals surface area contributed by atoms with Crippen molar-refractivity contribution < 1.29 is 0 Å². The number of nitrogens with zero attached hydrogens (tertiary/aromatic N) is 2. The van der Waals surface area contributed by atoms with Crippen molar-refractivity contribution in [2.75, 3.05) is 19.6 Å². The first-order valence-corrected chi connectivity index (χ1v) is 7.48. The smallest absolute Gasteiger partial charge is 0.0410 e. The van der Waals surface area contributed by atoms with Gasteiger partial charge in [0.1, 0.15) is 0 Å². The summed E-state index contributed by atoms with van der Waals surface area (Å²) in [6.07, 6.45) is 5.07. The van der Waals surface area contributed by atoms with Crippen LogP contribution in [0, 0.1) is 5.92 Å². The van der Waals surface area contributed by atoms with Crippen LogP contribution in [-0.4, -0.2) is 35.6 Å². The Morgan fingerprint density at radius 1 is 1.50 bits per heavy atom. The fraction of sp³-hybridized carbons (Fsp3) is 0.643. The number of hydrogen-bond donors (Lipinski definition) is 1. The highest BCUT2D eigenvalue weighted by atomic mass is 79.9. The maximum Gasteiger partial charge on any atom is 0.0410 e. The van der Waals surface area contributed by atoms with Gasteiger partial charge in [0.25, 0.3) is 0 Å². The van der Waals surface area contributed by atoms with E-state index in [1.807, 2.05) is 12.4 Å². The van der Waals surface area contributed by atoms with Gasteiger partial charge < -0.3 is 10.2 Å². The summed E-state index contributed by atoms with van der Waals surface area (Å²) in [6.45, 7) is 9.07. The number of halogens is 1. The topological polar surface area (TPSA) is 28.2 Å². The van der Waals surface area contributed by atoms with Gasteiger partial charge in [0.2, 0.25) is 0 Å². The maximum absolute atomic E-state index is 4.17. The molecule has 100 valence electrons. The van der Waals surface area contributed by atoms with Crippen molar-refractivity contribution in [3.63, 3.8) is 0 Å². The Balaban J connectivity index is 1.70. The van der Waals surface area contributed by atoms with E-state index in [1.165, 1.54) is 25.1 Å². The Kier molecular flexibility index (Phi) is 5.15. The maximum atomic E-state index is 4.17. The Morgan fingerprint density at radius 3 is 3.00 bits per heavy atom. The zero-order valence-corrected chi connectivity index (χ0v) is 12.8. The molecule has 1 unspecified atom stereocenters. The van der Waals surface area contributed by atoms with Crippen LogP contribution in [-0.2, 0) is 6.54 Å². The zero-order chi connectivity index (χ0) is 13.0. The van der Waals surface area contributed by atoms with Crippen molar-refractivity contribution in [3.05, 3.63) is 28.5 Å². The molecule has 0 aliphatic carbocycles. The lowest BCUT2D eigenvalue weighted by Gasteiger charge is -2.20. The fourth-order valence-corrected chi connectivity index (χ4v) is 2.88. The second-order valence-corrected chi connectivity index (χ2v) is 6.30. The van der Waals surface area contributed by atoms with Crippen LogP contribution >= 0.6 is 15.9 Å². The summed E-state index contributed by atoms with van der Waals surface area (Å²) in [5.74, 6) is 0.799. The molecule has 1 fully saturated rings. The van der Waals surface area contributed by atoms with Gasteiger partial charge in [0.15, 0.2) is 0 Å². The van der Waals surface area contributed by atoms with E-state index in [-0.39, 0.29) is 0 Å². The van der Waals surface area contributed by atoms with Crippen molar-refractivity contribution >= 4 is 15.9 Å². The molecular weight excluding hydrogens is 290 g/mol. The third kappa shape index (κ3) is 4.04. The molecule has 3 nitrogen and oxygen atoms in total. The predicted octanol–water partition coefficient (Wildman–Crippen LogP) is 2.66. The number of nitrogens with one attached hydrogen (secondary N) is 1. The summed E-state index contributed by atoms with van der Waals surface area (Å²) in [4.78, 5) is 6.74. The molecule has 1 N–H and O–H groups in total. The van der Waals surface area contributed by atoms with Crippen molar-refractivity contribution in [2.45, 2.75) is 32.9 Å². The van der Waals surface area contributed by atoms with Gasteiger partial charge in [-0.15, -0.1) is 0 Å². The number of aromatic nitrogens is 1. The molecule has 1 aliphatic rings. The molecule has 0 amide bonds. The lowest BCUT2D eigenvalue weighted by Crippen LogP contribution is -2.30. The molecule has 0 spiro atoms. The first-order valence-electron chi connectivity index (χ1n) is 6.69. The number of likely N-dealkylation sites (tertiary alicyclic amines) is 1. The molecule has 1 saturated heterocycles. The van der Waals surface area contributed by atoms with Gasteiger partial charge in [-0.2, -0.15) is 0 Å². The monoisotopic (exact) mass is 311 g/mol. The Morgan fingerprint density at radius 2 is 2.33 bits per heavy atom. The summed E-state index contributed by atoms with van der Waals surface area (Å²) >= 11 is 3.45. The molecule has 0 saturated carbocycles. The van der Waals surface area contributed by atoms with E-state index in [0.29, 0.717) is 6.04 Å². The van der Waals surface area contributed by atoms with Crippen molar-refractivity contribution in [3.8, 4) is 0 Å². The van der Waals surface area contributed by atoms with E-state index in [1.54, 1.807) is 0 Å². The highest BCUT2D eigenvalue weighted by molar-refractivity contribution is 9.10. The standard InChI is InChI=1S/C14H22BrN3/c1-11(2)18-4-3-12(10-18)6-16-7-13-5-14(15)9-17-8-13/h5,8-9,11-12,16H,3-4,6-7,10H2,1-2H3. The second-order valence-electron chi connectivity index (χ2n) is 5.39. The summed E-state index contributed by atoms with van der Waals surface area (Å²) in [5.41, 5.74) is 1.24. The molecule has 1 aliphatic heterocycles. The van der Waals surface area contributed by atoms with E-state index >= 15 is 0 Å². The summed E-state index contributed by atoms with van der Waals surface area (Å²) < 4.78 is 1.05. The summed E-state index contributed by atoms with van der Waals surface area (Å²) in [6, 6.07) is 2.80. The highest BCUT2D eigenvalue weighted by Crippen LogP contribution is 2.17. The average molecular weight is 312 g/mol. The molecular formula is C14H22BrN3. The lowest BCUT2D eigenvalue weighted by molar-refractivity contribution is 0.264. The second kappa shape index (κ2) is 6.64. The average Bonchev–Trinajstić information content (AvgIpc) is 2.78. The summed E-state index contributed by atoms with van der Waals surface area (Å²) in [7, 11) is 0. The van der Waals surface area contributed by atoms with Crippen LogP contribution < -0.4 is 5.32 Å². The number of pyridine rings is 1. The lowest BCUT2D eigenvalue weighted by atomic mass is 10.1. The van der Waals surface area contributed by atoms with Gasteiger partial charge in [0.05, 0.1) is 0 Å². The third-order valence-corrected chi connectivity index (χ3v) is 4.00. The minimum Gasteiger partial charge on any atom is -0.312 e. The molecule has 1 aromatic heterocycles. The quantitative estimate of drug-likeness (QED) is 0.906. The van der Waals surface area contributed by atoms with E-state index in [0.717, 1.165) is 23.5 Å². The first kappa shape index (κ1) is 14.0. The van der Waals surface area contributed by atoms with E-state index < -0.39 is 0 Å². The number of rotatable bonds is 5. The molecule has 0 radical (unpaired) electrons. The third-order valence-electron chi connectivity index (χ3n) is 3.57.